The number of carbonyl (C=O) groups excluding carboxylic acids is 1. The third-order valence-corrected chi connectivity index (χ3v) is 2.92. The molecule has 0 heterocycles. The van der Waals surface area contributed by atoms with E-state index in [9.17, 15) is 19.8 Å². The van der Waals surface area contributed by atoms with Crippen LogP contribution in [0.15, 0.2) is 46.6 Å². The quantitative estimate of drug-likeness (QED) is 0.857. The zero-order chi connectivity index (χ0) is 16.3. The van der Waals surface area contributed by atoms with E-state index >= 15 is 0 Å². The second-order valence-corrected chi connectivity index (χ2v) is 4.47. The normalized spacial score (nSPS) is 10.8. The Morgan fingerprint density at radius 2 is 1.55 bits per heavy atom. The number of aryl methyl sites for hydroxylation is 1. The SMILES string of the molecule is Cc1ccc(N=Nc2ccc([O-])c(C(=O)[O-])c2)cc1C(=O)O. The summed E-state index contributed by atoms with van der Waals surface area (Å²) in [5, 5.41) is 38.7. The molecule has 0 unspecified atom stereocenters. The Hall–Kier alpha value is -3.22. The number of carbonyl (C=O) groups is 2. The van der Waals surface area contributed by atoms with E-state index < -0.39 is 23.3 Å². The van der Waals surface area contributed by atoms with E-state index in [1.165, 1.54) is 12.1 Å². The Labute approximate surface area is 125 Å². The zero-order valence-corrected chi connectivity index (χ0v) is 11.4. The predicted molar refractivity (Wildman–Crippen MR) is 72.5 cm³/mol. The number of hydrogen-bond donors (Lipinski definition) is 1. The van der Waals surface area contributed by atoms with Gasteiger partial charge in [-0.2, -0.15) is 10.2 Å². The first-order valence-electron chi connectivity index (χ1n) is 6.16. The van der Waals surface area contributed by atoms with E-state index in [0.717, 1.165) is 12.1 Å². The van der Waals surface area contributed by atoms with Crippen LogP contribution < -0.4 is 10.2 Å². The highest BCUT2D eigenvalue weighted by atomic mass is 16.4. The van der Waals surface area contributed by atoms with Crippen LogP contribution in [0.5, 0.6) is 5.75 Å². The number of azo groups is 1. The van der Waals surface area contributed by atoms with Crippen molar-refractivity contribution in [3.05, 3.63) is 53.1 Å². The summed E-state index contributed by atoms with van der Waals surface area (Å²) in [5.74, 6) is -3.35. The zero-order valence-electron chi connectivity index (χ0n) is 11.4. The summed E-state index contributed by atoms with van der Waals surface area (Å²) >= 11 is 0. The Morgan fingerprint density at radius 1 is 1.00 bits per heavy atom. The van der Waals surface area contributed by atoms with E-state index in [1.54, 1.807) is 19.1 Å². The monoisotopic (exact) mass is 298 g/mol. The number of nitrogens with zero attached hydrogens (tertiary/aromatic N) is 2. The van der Waals surface area contributed by atoms with Crippen LogP contribution in [0.4, 0.5) is 11.4 Å². The molecule has 2 rings (SSSR count). The molecule has 22 heavy (non-hydrogen) atoms. The van der Waals surface area contributed by atoms with Crippen molar-refractivity contribution in [3.63, 3.8) is 0 Å². The van der Waals surface area contributed by atoms with Crippen LogP contribution in [0, 0.1) is 6.92 Å². The van der Waals surface area contributed by atoms with Gasteiger partial charge in [0.2, 0.25) is 0 Å². The van der Waals surface area contributed by atoms with Crippen molar-refractivity contribution in [2.45, 2.75) is 6.92 Å². The summed E-state index contributed by atoms with van der Waals surface area (Å²) in [4.78, 5) is 21.8. The molecule has 112 valence electrons. The van der Waals surface area contributed by atoms with Gasteiger partial charge in [0.15, 0.2) is 0 Å². The third-order valence-electron chi connectivity index (χ3n) is 2.92. The lowest BCUT2D eigenvalue weighted by Gasteiger charge is -2.13. The summed E-state index contributed by atoms with van der Waals surface area (Å²) in [6.45, 7) is 1.66. The smallest absolute Gasteiger partial charge is 0.336 e. The highest BCUT2D eigenvalue weighted by Crippen LogP contribution is 2.24. The first kappa shape index (κ1) is 15.2. The van der Waals surface area contributed by atoms with Gasteiger partial charge in [-0.3, -0.25) is 0 Å². The molecule has 0 radical (unpaired) electrons. The molecular weight excluding hydrogens is 288 g/mol. The van der Waals surface area contributed by atoms with E-state index in [2.05, 4.69) is 10.2 Å². The number of benzene rings is 2. The van der Waals surface area contributed by atoms with Crippen molar-refractivity contribution in [2.24, 2.45) is 10.2 Å². The van der Waals surface area contributed by atoms with Gasteiger partial charge in [0, 0.05) is 0 Å². The Balaban J connectivity index is 2.33. The van der Waals surface area contributed by atoms with Crippen LogP contribution in [-0.2, 0) is 0 Å². The van der Waals surface area contributed by atoms with Gasteiger partial charge in [0.05, 0.1) is 22.9 Å². The molecule has 7 nitrogen and oxygen atoms in total. The number of rotatable bonds is 4. The van der Waals surface area contributed by atoms with Crippen LogP contribution in [-0.4, -0.2) is 17.0 Å². The fraction of sp³-hybridized carbons (Fsp3) is 0.0667. The van der Waals surface area contributed by atoms with Gasteiger partial charge in [-0.25, -0.2) is 4.79 Å². The minimum absolute atomic E-state index is 0.0989. The van der Waals surface area contributed by atoms with Crippen LogP contribution in [0.25, 0.3) is 0 Å². The lowest BCUT2D eigenvalue weighted by molar-refractivity contribution is -0.276. The molecular formula is C15H10N2O5-2. The molecule has 2 aromatic rings. The first-order valence-corrected chi connectivity index (χ1v) is 6.16. The standard InChI is InChI=1S/C15H12N2O5/c1-8-2-3-9(6-11(8)14(19)20)16-17-10-4-5-13(18)12(7-10)15(21)22/h2-7,18H,1H3,(H,19,20)(H,21,22)/p-2. The lowest BCUT2D eigenvalue weighted by Crippen LogP contribution is -2.23. The van der Waals surface area contributed by atoms with Gasteiger partial charge < -0.3 is 20.1 Å². The van der Waals surface area contributed by atoms with E-state index in [0.29, 0.717) is 11.3 Å². The summed E-state index contributed by atoms with van der Waals surface area (Å²) in [5.41, 5.74) is 0.621. The van der Waals surface area contributed by atoms with Crippen molar-refractivity contribution in [1.82, 2.24) is 0 Å². The Kier molecular flexibility index (Phi) is 4.17. The third kappa shape index (κ3) is 3.26. The molecule has 0 bridgehead atoms. The second kappa shape index (κ2) is 6.04. The lowest BCUT2D eigenvalue weighted by atomic mass is 10.1. The Bertz CT molecular complexity index is 718. The van der Waals surface area contributed by atoms with Crippen molar-refractivity contribution in [3.8, 4) is 5.75 Å². The summed E-state index contributed by atoms with van der Waals surface area (Å²) in [6.07, 6.45) is 0. The molecule has 0 aliphatic heterocycles. The predicted octanol–water partition coefficient (Wildman–Crippen LogP) is 1.55. The van der Waals surface area contributed by atoms with E-state index in [-0.39, 0.29) is 11.3 Å². The first-order chi connectivity index (χ1) is 10.4. The maximum absolute atomic E-state index is 11.3. The fourth-order valence-corrected chi connectivity index (χ4v) is 1.76. The minimum Gasteiger partial charge on any atom is -0.872 e. The van der Waals surface area contributed by atoms with Crippen molar-refractivity contribution >= 4 is 23.3 Å². The minimum atomic E-state index is -1.59. The van der Waals surface area contributed by atoms with Gasteiger partial charge in [-0.15, -0.1) is 0 Å². The van der Waals surface area contributed by atoms with Gasteiger partial charge in [-0.1, -0.05) is 17.9 Å². The number of aromatic carboxylic acids is 2. The molecule has 0 fully saturated rings. The van der Waals surface area contributed by atoms with E-state index in [1.807, 2.05) is 0 Å². The maximum Gasteiger partial charge on any atom is 0.336 e. The molecule has 0 amide bonds. The maximum atomic E-state index is 11.3. The number of carboxylic acids is 2. The van der Waals surface area contributed by atoms with Crippen LogP contribution in [0.3, 0.4) is 0 Å². The van der Waals surface area contributed by atoms with Gasteiger partial charge in [-0.05, 0) is 42.3 Å². The molecule has 0 aromatic heterocycles. The molecule has 0 atom stereocenters. The molecule has 1 N–H and O–H groups in total. The number of hydrogen-bond acceptors (Lipinski definition) is 6. The average molecular weight is 298 g/mol. The summed E-state index contributed by atoms with van der Waals surface area (Å²) in [6, 6.07) is 7.93. The van der Waals surface area contributed by atoms with Crippen molar-refractivity contribution in [2.75, 3.05) is 0 Å². The second-order valence-electron chi connectivity index (χ2n) is 4.47. The summed E-state index contributed by atoms with van der Waals surface area (Å²) < 4.78 is 0. The molecule has 0 aliphatic rings. The van der Waals surface area contributed by atoms with Crippen LogP contribution in [0.2, 0.25) is 0 Å². The molecule has 0 aliphatic carbocycles. The molecule has 0 spiro atoms. The average Bonchev–Trinajstić information content (AvgIpc) is 2.47. The molecule has 2 aromatic carbocycles. The topological polar surface area (TPSA) is 125 Å². The van der Waals surface area contributed by atoms with Gasteiger partial charge >= 0.3 is 5.97 Å². The van der Waals surface area contributed by atoms with Crippen molar-refractivity contribution in [1.29, 1.82) is 0 Å². The van der Waals surface area contributed by atoms with E-state index in [4.69, 9.17) is 5.11 Å². The van der Waals surface area contributed by atoms with Crippen LogP contribution >= 0.6 is 0 Å². The highest BCUT2D eigenvalue weighted by Gasteiger charge is 2.07. The molecule has 0 saturated carbocycles. The largest absolute Gasteiger partial charge is 0.872 e. The fourth-order valence-electron chi connectivity index (χ4n) is 1.76. The molecule has 0 saturated heterocycles. The van der Waals surface area contributed by atoms with Gasteiger partial charge in [0.1, 0.15) is 0 Å². The number of carboxylic acid groups (broad SMARTS) is 2. The Morgan fingerprint density at radius 3 is 2.09 bits per heavy atom. The molecule has 7 heteroatoms. The van der Waals surface area contributed by atoms with Crippen LogP contribution in [0.1, 0.15) is 26.3 Å². The van der Waals surface area contributed by atoms with Gasteiger partial charge in [0.25, 0.3) is 0 Å². The van der Waals surface area contributed by atoms with Crippen molar-refractivity contribution < 1.29 is 24.9 Å². The summed E-state index contributed by atoms with van der Waals surface area (Å²) in [7, 11) is 0. The highest BCUT2D eigenvalue weighted by molar-refractivity contribution is 5.90.